The molecule has 1 aliphatic heterocycles. The van der Waals surface area contributed by atoms with Crippen LogP contribution in [-0.4, -0.2) is 36.6 Å². The molecular formula is C14H30N2. The zero-order valence-electron chi connectivity index (χ0n) is 11.6. The highest BCUT2D eigenvalue weighted by molar-refractivity contribution is 4.82. The fraction of sp³-hybridized carbons (Fsp3) is 1.00. The van der Waals surface area contributed by atoms with Crippen molar-refractivity contribution in [2.45, 2.75) is 65.5 Å². The van der Waals surface area contributed by atoms with E-state index in [1.807, 2.05) is 0 Å². The molecule has 0 amide bonds. The summed E-state index contributed by atoms with van der Waals surface area (Å²) in [4.78, 5) is 2.70. The Balaban J connectivity index is 2.16. The van der Waals surface area contributed by atoms with E-state index in [4.69, 9.17) is 0 Å². The summed E-state index contributed by atoms with van der Waals surface area (Å²) in [5.41, 5.74) is 0. The van der Waals surface area contributed by atoms with E-state index in [2.05, 4.69) is 37.9 Å². The average molecular weight is 226 g/mol. The van der Waals surface area contributed by atoms with Crippen molar-refractivity contribution in [1.82, 2.24) is 10.2 Å². The van der Waals surface area contributed by atoms with Crippen LogP contribution < -0.4 is 5.32 Å². The summed E-state index contributed by atoms with van der Waals surface area (Å²) >= 11 is 0. The van der Waals surface area contributed by atoms with Crippen LogP contribution in [0.5, 0.6) is 0 Å². The maximum absolute atomic E-state index is 3.60. The van der Waals surface area contributed by atoms with Crippen LogP contribution in [0.15, 0.2) is 0 Å². The van der Waals surface area contributed by atoms with Gasteiger partial charge in [0.25, 0.3) is 0 Å². The molecule has 0 aromatic carbocycles. The summed E-state index contributed by atoms with van der Waals surface area (Å²) in [6.07, 6.45) is 5.42. The summed E-state index contributed by atoms with van der Waals surface area (Å²) in [6, 6.07) is 1.56. The van der Waals surface area contributed by atoms with E-state index in [9.17, 15) is 0 Å². The van der Waals surface area contributed by atoms with Crippen molar-refractivity contribution in [3.63, 3.8) is 0 Å². The minimum Gasteiger partial charge on any atom is -0.315 e. The molecule has 96 valence electrons. The molecule has 0 radical (unpaired) electrons. The monoisotopic (exact) mass is 226 g/mol. The van der Waals surface area contributed by atoms with Crippen molar-refractivity contribution in [3.05, 3.63) is 0 Å². The Hall–Kier alpha value is -0.0800. The average Bonchev–Trinajstić information content (AvgIpc) is 2.71. The molecule has 0 aliphatic carbocycles. The van der Waals surface area contributed by atoms with Crippen molar-refractivity contribution in [3.8, 4) is 0 Å². The van der Waals surface area contributed by atoms with Crippen LogP contribution in [-0.2, 0) is 0 Å². The molecule has 0 saturated carbocycles. The Labute approximate surface area is 102 Å². The zero-order chi connectivity index (χ0) is 12.0. The van der Waals surface area contributed by atoms with E-state index in [0.717, 1.165) is 18.5 Å². The van der Waals surface area contributed by atoms with E-state index >= 15 is 0 Å². The highest BCUT2D eigenvalue weighted by atomic mass is 15.2. The Morgan fingerprint density at radius 3 is 2.69 bits per heavy atom. The molecule has 1 rings (SSSR count). The molecule has 1 heterocycles. The molecule has 1 fully saturated rings. The van der Waals surface area contributed by atoms with Gasteiger partial charge in [-0.25, -0.2) is 0 Å². The molecule has 2 nitrogen and oxygen atoms in total. The van der Waals surface area contributed by atoms with Crippen molar-refractivity contribution >= 4 is 0 Å². The number of nitrogens with zero attached hydrogens (tertiary/aromatic N) is 1. The second-order valence-electron chi connectivity index (χ2n) is 5.68. The highest BCUT2D eigenvalue weighted by Gasteiger charge is 2.26. The molecule has 2 atom stereocenters. The molecule has 16 heavy (non-hydrogen) atoms. The first-order chi connectivity index (χ1) is 7.65. The lowest BCUT2D eigenvalue weighted by Crippen LogP contribution is -2.43. The first-order valence-electron chi connectivity index (χ1n) is 7.11. The van der Waals surface area contributed by atoms with Gasteiger partial charge in [0.2, 0.25) is 0 Å². The van der Waals surface area contributed by atoms with Gasteiger partial charge in [-0.1, -0.05) is 20.8 Å². The smallest absolute Gasteiger partial charge is 0.0195 e. The van der Waals surface area contributed by atoms with Crippen LogP contribution in [0.3, 0.4) is 0 Å². The molecule has 2 unspecified atom stereocenters. The quantitative estimate of drug-likeness (QED) is 0.672. The van der Waals surface area contributed by atoms with Gasteiger partial charge in [-0.15, -0.1) is 0 Å². The van der Waals surface area contributed by atoms with Gasteiger partial charge < -0.3 is 5.32 Å². The van der Waals surface area contributed by atoms with Crippen LogP contribution >= 0.6 is 0 Å². The number of hydrogen-bond acceptors (Lipinski definition) is 2. The fourth-order valence-corrected chi connectivity index (χ4v) is 2.70. The van der Waals surface area contributed by atoms with Crippen molar-refractivity contribution < 1.29 is 0 Å². The van der Waals surface area contributed by atoms with E-state index in [1.54, 1.807) is 0 Å². The molecule has 0 bridgehead atoms. The first-order valence-corrected chi connectivity index (χ1v) is 7.11. The molecular weight excluding hydrogens is 196 g/mol. The molecule has 1 aliphatic rings. The Morgan fingerprint density at radius 1 is 1.31 bits per heavy atom. The number of likely N-dealkylation sites (tertiary alicyclic amines) is 1. The second-order valence-corrected chi connectivity index (χ2v) is 5.68. The van der Waals surface area contributed by atoms with Gasteiger partial charge in [0.05, 0.1) is 0 Å². The number of hydrogen-bond donors (Lipinski definition) is 1. The zero-order valence-corrected chi connectivity index (χ0v) is 11.6. The lowest BCUT2D eigenvalue weighted by molar-refractivity contribution is 0.183. The van der Waals surface area contributed by atoms with E-state index < -0.39 is 0 Å². The lowest BCUT2D eigenvalue weighted by atomic mass is 10.1. The molecule has 1 N–H and O–H groups in total. The van der Waals surface area contributed by atoms with Gasteiger partial charge >= 0.3 is 0 Å². The van der Waals surface area contributed by atoms with Gasteiger partial charge in [0.1, 0.15) is 0 Å². The first kappa shape index (κ1) is 14.0. The van der Waals surface area contributed by atoms with Crippen LogP contribution in [0.2, 0.25) is 0 Å². The largest absolute Gasteiger partial charge is 0.315 e. The predicted molar refractivity (Wildman–Crippen MR) is 71.8 cm³/mol. The van der Waals surface area contributed by atoms with Crippen molar-refractivity contribution in [2.75, 3.05) is 19.6 Å². The summed E-state index contributed by atoms with van der Waals surface area (Å²) in [6.45, 7) is 12.9. The van der Waals surface area contributed by atoms with E-state index in [1.165, 1.54) is 38.8 Å². The summed E-state index contributed by atoms with van der Waals surface area (Å²) in [5, 5.41) is 3.60. The molecule has 1 saturated heterocycles. The summed E-state index contributed by atoms with van der Waals surface area (Å²) in [7, 11) is 0. The Morgan fingerprint density at radius 2 is 2.06 bits per heavy atom. The Bertz CT molecular complexity index is 180. The summed E-state index contributed by atoms with van der Waals surface area (Å²) in [5.74, 6) is 0.818. The van der Waals surface area contributed by atoms with Crippen molar-refractivity contribution in [2.24, 2.45) is 5.92 Å². The fourth-order valence-electron chi connectivity index (χ4n) is 2.70. The third kappa shape index (κ3) is 4.42. The third-order valence-electron chi connectivity index (χ3n) is 3.80. The normalized spacial score (nSPS) is 24.2. The van der Waals surface area contributed by atoms with Gasteiger partial charge in [0.15, 0.2) is 0 Å². The van der Waals surface area contributed by atoms with E-state index in [0.29, 0.717) is 6.04 Å². The van der Waals surface area contributed by atoms with Crippen LogP contribution in [0, 0.1) is 5.92 Å². The van der Waals surface area contributed by atoms with Gasteiger partial charge in [-0.05, 0) is 51.6 Å². The second kappa shape index (κ2) is 7.29. The van der Waals surface area contributed by atoms with Gasteiger partial charge in [-0.3, -0.25) is 4.90 Å². The number of nitrogens with one attached hydrogen (secondary N) is 1. The van der Waals surface area contributed by atoms with Crippen LogP contribution in [0.25, 0.3) is 0 Å². The molecule has 2 heteroatoms. The van der Waals surface area contributed by atoms with Crippen molar-refractivity contribution in [1.29, 1.82) is 0 Å². The maximum Gasteiger partial charge on any atom is 0.0195 e. The third-order valence-corrected chi connectivity index (χ3v) is 3.80. The van der Waals surface area contributed by atoms with Crippen LogP contribution in [0.1, 0.15) is 53.4 Å². The van der Waals surface area contributed by atoms with E-state index in [-0.39, 0.29) is 0 Å². The predicted octanol–water partition coefficient (Wildman–Crippen LogP) is 2.89. The van der Waals surface area contributed by atoms with Gasteiger partial charge in [0, 0.05) is 18.6 Å². The van der Waals surface area contributed by atoms with Gasteiger partial charge in [-0.2, -0.15) is 0 Å². The summed E-state index contributed by atoms with van der Waals surface area (Å²) < 4.78 is 0. The van der Waals surface area contributed by atoms with Crippen LogP contribution in [0.4, 0.5) is 0 Å². The minimum atomic E-state index is 0.708. The molecule has 0 aromatic heterocycles. The highest BCUT2D eigenvalue weighted by Crippen LogP contribution is 2.21. The topological polar surface area (TPSA) is 15.3 Å². The standard InChI is InChI=1S/C14H30N2/c1-5-14-7-6-10-16(14)13(4)11-15-9-8-12(2)3/h12-15H,5-11H2,1-4H3. The minimum absolute atomic E-state index is 0.708. The lowest BCUT2D eigenvalue weighted by Gasteiger charge is -2.30. The maximum atomic E-state index is 3.60. The Kier molecular flexibility index (Phi) is 6.37. The molecule has 0 spiro atoms. The molecule has 0 aromatic rings. The SMILES string of the molecule is CCC1CCCN1C(C)CNCCC(C)C. The number of rotatable bonds is 7.